The molecule has 0 saturated heterocycles. The SMILES string of the molecule is C/C(=N/N=c1/sc2ccccc2n1C)c1ccc2c(c1)OCCO2. The quantitative estimate of drug-likeness (QED) is 0.531. The Kier molecular flexibility index (Phi) is 3.82. The van der Waals surface area contributed by atoms with Crippen molar-refractivity contribution >= 4 is 27.3 Å². The summed E-state index contributed by atoms with van der Waals surface area (Å²) in [5.74, 6) is 1.55. The number of aryl methyl sites for hydroxylation is 1. The van der Waals surface area contributed by atoms with Crippen LogP contribution in [-0.4, -0.2) is 23.5 Å². The molecule has 1 aromatic heterocycles. The van der Waals surface area contributed by atoms with E-state index in [0.29, 0.717) is 13.2 Å². The molecule has 4 rings (SSSR count). The van der Waals surface area contributed by atoms with Crippen molar-refractivity contribution in [3.63, 3.8) is 0 Å². The van der Waals surface area contributed by atoms with Crippen molar-refractivity contribution in [1.82, 2.24) is 4.57 Å². The first kappa shape index (κ1) is 15.0. The van der Waals surface area contributed by atoms with Crippen molar-refractivity contribution in [2.45, 2.75) is 6.92 Å². The zero-order valence-corrected chi connectivity index (χ0v) is 14.3. The van der Waals surface area contributed by atoms with Crippen LogP contribution in [0.25, 0.3) is 10.2 Å². The fourth-order valence-corrected chi connectivity index (χ4v) is 3.59. The molecule has 0 saturated carbocycles. The molecule has 0 radical (unpaired) electrons. The molecule has 1 aliphatic heterocycles. The van der Waals surface area contributed by atoms with Crippen LogP contribution in [0.5, 0.6) is 11.5 Å². The van der Waals surface area contributed by atoms with Crippen LogP contribution in [0.4, 0.5) is 0 Å². The van der Waals surface area contributed by atoms with E-state index in [0.717, 1.165) is 33.1 Å². The zero-order chi connectivity index (χ0) is 16.5. The lowest BCUT2D eigenvalue weighted by atomic mass is 10.1. The smallest absolute Gasteiger partial charge is 0.211 e. The Labute approximate surface area is 143 Å². The van der Waals surface area contributed by atoms with Crippen molar-refractivity contribution in [1.29, 1.82) is 0 Å². The third-order valence-corrected chi connectivity index (χ3v) is 5.06. The summed E-state index contributed by atoms with van der Waals surface area (Å²) in [6, 6.07) is 14.1. The third-order valence-electron chi connectivity index (χ3n) is 3.96. The van der Waals surface area contributed by atoms with E-state index in [1.165, 1.54) is 4.70 Å². The van der Waals surface area contributed by atoms with Gasteiger partial charge in [-0.1, -0.05) is 23.5 Å². The highest BCUT2D eigenvalue weighted by molar-refractivity contribution is 7.16. The van der Waals surface area contributed by atoms with Crippen molar-refractivity contribution in [3.05, 3.63) is 52.8 Å². The molecule has 2 heterocycles. The van der Waals surface area contributed by atoms with E-state index in [1.807, 2.05) is 44.3 Å². The van der Waals surface area contributed by atoms with Crippen LogP contribution in [0.1, 0.15) is 12.5 Å². The standard InChI is InChI=1S/C18H17N3O2S/c1-12(13-7-8-15-16(11-13)23-10-9-22-15)19-20-18-21(2)14-5-3-4-6-17(14)24-18/h3-8,11H,9-10H2,1-2H3/b19-12-,20-18+. The number of ether oxygens (including phenoxy) is 2. The Hall–Kier alpha value is -2.60. The van der Waals surface area contributed by atoms with Crippen molar-refractivity contribution < 1.29 is 9.47 Å². The number of hydrogen-bond acceptors (Lipinski definition) is 5. The highest BCUT2D eigenvalue weighted by Gasteiger charge is 2.12. The average molecular weight is 339 g/mol. The predicted octanol–water partition coefficient (Wildman–Crippen LogP) is 3.34. The number of thiazole rings is 1. The van der Waals surface area contributed by atoms with Crippen LogP contribution in [-0.2, 0) is 7.05 Å². The highest BCUT2D eigenvalue weighted by atomic mass is 32.1. The molecule has 0 unspecified atom stereocenters. The van der Waals surface area contributed by atoms with Gasteiger partial charge in [-0.05, 0) is 37.3 Å². The van der Waals surface area contributed by atoms with Gasteiger partial charge >= 0.3 is 0 Å². The molecule has 24 heavy (non-hydrogen) atoms. The minimum atomic E-state index is 0.578. The van der Waals surface area contributed by atoms with Gasteiger partial charge in [0.1, 0.15) is 13.2 Å². The molecule has 5 nitrogen and oxygen atoms in total. The molecule has 0 aliphatic carbocycles. The summed E-state index contributed by atoms with van der Waals surface area (Å²) < 4.78 is 14.4. The van der Waals surface area contributed by atoms with E-state index in [2.05, 4.69) is 26.9 Å². The number of para-hydroxylation sites is 1. The second-order valence-electron chi connectivity index (χ2n) is 5.56. The fourth-order valence-electron chi connectivity index (χ4n) is 2.62. The molecule has 0 fully saturated rings. The largest absolute Gasteiger partial charge is 0.486 e. The topological polar surface area (TPSA) is 48.1 Å². The van der Waals surface area contributed by atoms with Gasteiger partial charge in [-0.2, -0.15) is 5.10 Å². The Morgan fingerprint density at radius 1 is 1.08 bits per heavy atom. The molecule has 2 aromatic carbocycles. The number of hydrogen-bond donors (Lipinski definition) is 0. The molecule has 122 valence electrons. The second-order valence-corrected chi connectivity index (χ2v) is 6.56. The monoisotopic (exact) mass is 339 g/mol. The molecule has 0 bridgehead atoms. The summed E-state index contributed by atoms with van der Waals surface area (Å²) in [6.07, 6.45) is 0. The lowest BCUT2D eigenvalue weighted by Gasteiger charge is -2.18. The summed E-state index contributed by atoms with van der Waals surface area (Å²) in [6.45, 7) is 3.12. The minimum Gasteiger partial charge on any atom is -0.486 e. The van der Waals surface area contributed by atoms with Gasteiger partial charge in [-0.3, -0.25) is 0 Å². The minimum absolute atomic E-state index is 0.578. The molecule has 6 heteroatoms. The van der Waals surface area contributed by atoms with E-state index in [1.54, 1.807) is 11.3 Å². The number of aromatic nitrogens is 1. The van der Waals surface area contributed by atoms with Gasteiger partial charge in [-0.15, -0.1) is 5.10 Å². The summed E-state index contributed by atoms with van der Waals surface area (Å²) in [4.78, 5) is 0.869. The summed E-state index contributed by atoms with van der Waals surface area (Å²) in [5.41, 5.74) is 2.98. The fraction of sp³-hybridized carbons (Fsp3) is 0.222. The maximum atomic E-state index is 5.62. The Morgan fingerprint density at radius 3 is 2.71 bits per heavy atom. The van der Waals surface area contributed by atoms with Crippen LogP contribution >= 0.6 is 11.3 Å². The normalized spacial score (nSPS) is 15.1. The molecule has 0 spiro atoms. The first-order valence-electron chi connectivity index (χ1n) is 7.75. The lowest BCUT2D eigenvalue weighted by molar-refractivity contribution is 0.171. The average Bonchev–Trinajstić information content (AvgIpc) is 2.95. The highest BCUT2D eigenvalue weighted by Crippen LogP contribution is 2.30. The maximum absolute atomic E-state index is 5.62. The lowest BCUT2D eigenvalue weighted by Crippen LogP contribution is -2.15. The summed E-state index contributed by atoms with van der Waals surface area (Å²) in [7, 11) is 2.01. The van der Waals surface area contributed by atoms with Crippen LogP contribution in [0.15, 0.2) is 52.7 Å². The van der Waals surface area contributed by atoms with Crippen molar-refractivity contribution in [2.75, 3.05) is 13.2 Å². The number of fused-ring (bicyclic) bond motifs is 2. The number of benzene rings is 2. The van der Waals surface area contributed by atoms with Gasteiger partial charge in [0.05, 0.1) is 15.9 Å². The molecule has 1 aliphatic rings. The van der Waals surface area contributed by atoms with Gasteiger partial charge in [0.15, 0.2) is 11.5 Å². The van der Waals surface area contributed by atoms with Crippen LogP contribution in [0.3, 0.4) is 0 Å². The Morgan fingerprint density at radius 2 is 1.88 bits per heavy atom. The van der Waals surface area contributed by atoms with Crippen molar-refractivity contribution in [3.8, 4) is 11.5 Å². The molecule has 0 atom stereocenters. The molecule has 3 aromatic rings. The van der Waals surface area contributed by atoms with E-state index in [9.17, 15) is 0 Å². The van der Waals surface area contributed by atoms with E-state index < -0.39 is 0 Å². The van der Waals surface area contributed by atoms with Crippen LogP contribution < -0.4 is 14.3 Å². The van der Waals surface area contributed by atoms with Crippen LogP contribution in [0, 0.1) is 0 Å². The van der Waals surface area contributed by atoms with E-state index in [4.69, 9.17) is 9.47 Å². The molecular formula is C18H17N3O2S. The van der Waals surface area contributed by atoms with Crippen LogP contribution in [0.2, 0.25) is 0 Å². The van der Waals surface area contributed by atoms with E-state index >= 15 is 0 Å². The number of rotatable bonds is 2. The molecule has 0 N–H and O–H groups in total. The third kappa shape index (κ3) is 2.69. The van der Waals surface area contributed by atoms with Gasteiger partial charge in [0, 0.05) is 12.6 Å². The molecular weight excluding hydrogens is 322 g/mol. The molecule has 0 amide bonds. The Balaban J connectivity index is 1.70. The van der Waals surface area contributed by atoms with E-state index in [-0.39, 0.29) is 0 Å². The van der Waals surface area contributed by atoms with Gasteiger partial charge < -0.3 is 14.0 Å². The van der Waals surface area contributed by atoms with Gasteiger partial charge in [0.25, 0.3) is 0 Å². The summed E-state index contributed by atoms with van der Waals surface area (Å²) >= 11 is 1.63. The maximum Gasteiger partial charge on any atom is 0.211 e. The summed E-state index contributed by atoms with van der Waals surface area (Å²) in [5, 5.41) is 8.83. The second kappa shape index (κ2) is 6.13. The van der Waals surface area contributed by atoms with Crippen molar-refractivity contribution in [2.24, 2.45) is 17.3 Å². The number of nitrogens with zero attached hydrogens (tertiary/aromatic N) is 3. The Bertz CT molecular complexity index is 1000. The first-order chi connectivity index (χ1) is 11.7. The zero-order valence-electron chi connectivity index (χ0n) is 13.5. The van der Waals surface area contributed by atoms with Gasteiger partial charge in [0.2, 0.25) is 4.80 Å². The predicted molar refractivity (Wildman–Crippen MR) is 96.0 cm³/mol. The van der Waals surface area contributed by atoms with Gasteiger partial charge in [-0.25, -0.2) is 0 Å². The first-order valence-corrected chi connectivity index (χ1v) is 8.57.